The predicted octanol–water partition coefficient (Wildman–Crippen LogP) is 2.00. The Morgan fingerprint density at radius 1 is 1.21 bits per heavy atom. The van der Waals surface area contributed by atoms with E-state index in [2.05, 4.69) is 0 Å². The molecule has 0 atom stereocenters. The van der Waals surface area contributed by atoms with Crippen molar-refractivity contribution >= 4 is 15.8 Å². The first-order chi connectivity index (χ1) is 8.65. The molecule has 0 aromatic heterocycles. The summed E-state index contributed by atoms with van der Waals surface area (Å²) in [7, 11) is -3.00. The number of esters is 1. The second kappa shape index (κ2) is 4.63. The van der Waals surface area contributed by atoms with Crippen LogP contribution in [0.15, 0.2) is 18.2 Å². The number of hydrogen-bond donors (Lipinski definition) is 0. The minimum atomic E-state index is -3.00. The van der Waals surface area contributed by atoms with Crippen LogP contribution in [0.25, 0.3) is 0 Å². The highest BCUT2D eigenvalue weighted by Gasteiger charge is 2.25. The molecule has 2 rings (SSSR count). The number of fused-ring (bicyclic) bond motifs is 1. The third-order valence-electron chi connectivity index (χ3n) is 2.79. The van der Waals surface area contributed by atoms with E-state index in [0.717, 1.165) is 16.7 Å². The van der Waals surface area contributed by atoms with E-state index < -0.39 is 15.4 Å². The van der Waals surface area contributed by atoms with Crippen LogP contribution in [0.3, 0.4) is 0 Å². The van der Waals surface area contributed by atoms with Gasteiger partial charge in [0.15, 0.2) is 9.84 Å². The predicted molar refractivity (Wildman–Crippen MR) is 72.3 cm³/mol. The van der Waals surface area contributed by atoms with Gasteiger partial charge >= 0.3 is 5.97 Å². The molecule has 1 heterocycles. The topological polar surface area (TPSA) is 60.4 Å². The molecule has 104 valence electrons. The van der Waals surface area contributed by atoms with Crippen molar-refractivity contribution < 1.29 is 17.9 Å². The fourth-order valence-corrected chi connectivity index (χ4v) is 3.73. The minimum Gasteiger partial charge on any atom is -0.460 e. The maximum atomic E-state index is 11.7. The lowest BCUT2D eigenvalue weighted by molar-refractivity contribution is -0.153. The van der Waals surface area contributed by atoms with Crippen LogP contribution in [0.4, 0.5) is 0 Å². The lowest BCUT2D eigenvalue weighted by Crippen LogP contribution is -2.24. The maximum Gasteiger partial charge on any atom is 0.310 e. The highest BCUT2D eigenvalue weighted by molar-refractivity contribution is 7.90. The number of rotatable bonds is 2. The van der Waals surface area contributed by atoms with E-state index in [9.17, 15) is 13.2 Å². The zero-order valence-corrected chi connectivity index (χ0v) is 12.2. The molecular formula is C14H18O4S. The van der Waals surface area contributed by atoms with Crippen molar-refractivity contribution in [3.8, 4) is 0 Å². The first-order valence-corrected chi connectivity index (χ1v) is 8.00. The molecule has 0 aliphatic carbocycles. The van der Waals surface area contributed by atoms with Crippen molar-refractivity contribution in [1.29, 1.82) is 0 Å². The Kier molecular flexibility index (Phi) is 3.43. The summed E-state index contributed by atoms with van der Waals surface area (Å²) in [6, 6.07) is 5.38. The molecule has 0 unspecified atom stereocenters. The Labute approximate surface area is 113 Å². The molecule has 0 fully saturated rings. The molecule has 1 aromatic rings. The summed E-state index contributed by atoms with van der Waals surface area (Å²) in [6.07, 6.45) is 0.171. The van der Waals surface area contributed by atoms with Gasteiger partial charge in [-0.3, -0.25) is 4.79 Å². The monoisotopic (exact) mass is 282 g/mol. The van der Waals surface area contributed by atoms with E-state index in [-0.39, 0.29) is 23.9 Å². The summed E-state index contributed by atoms with van der Waals surface area (Å²) in [5.41, 5.74) is 1.94. The summed E-state index contributed by atoms with van der Waals surface area (Å²) < 4.78 is 28.3. The number of carbonyl (C=O) groups is 1. The summed E-state index contributed by atoms with van der Waals surface area (Å²) in [5.74, 6) is -0.118. The van der Waals surface area contributed by atoms with Gasteiger partial charge in [0.1, 0.15) is 5.60 Å². The molecule has 1 aliphatic rings. The van der Waals surface area contributed by atoms with Crippen molar-refractivity contribution in [3.63, 3.8) is 0 Å². The standard InChI is InChI=1S/C14H18O4S/c1-14(2,3)18-13(15)7-10-4-5-11-8-19(16,17)9-12(11)6-10/h4-6H,7-9H2,1-3H3. The average molecular weight is 282 g/mol. The molecule has 4 nitrogen and oxygen atoms in total. The van der Waals surface area contributed by atoms with Gasteiger partial charge in [0.2, 0.25) is 0 Å². The molecule has 0 spiro atoms. The second-order valence-electron chi connectivity index (χ2n) is 5.90. The average Bonchev–Trinajstić information content (AvgIpc) is 2.47. The third-order valence-corrected chi connectivity index (χ3v) is 4.29. The van der Waals surface area contributed by atoms with Gasteiger partial charge in [0.05, 0.1) is 17.9 Å². The van der Waals surface area contributed by atoms with Gasteiger partial charge < -0.3 is 4.74 Å². The van der Waals surface area contributed by atoms with E-state index in [0.29, 0.717) is 0 Å². The number of hydrogen-bond acceptors (Lipinski definition) is 4. The molecule has 0 amide bonds. The van der Waals surface area contributed by atoms with Gasteiger partial charge in [0, 0.05) is 0 Å². The van der Waals surface area contributed by atoms with Crippen molar-refractivity contribution in [1.82, 2.24) is 0 Å². The van der Waals surface area contributed by atoms with Crippen LogP contribution < -0.4 is 0 Å². The number of benzene rings is 1. The second-order valence-corrected chi connectivity index (χ2v) is 7.96. The third kappa shape index (κ3) is 3.80. The fourth-order valence-electron chi connectivity index (χ4n) is 2.13. The lowest BCUT2D eigenvalue weighted by Gasteiger charge is -2.19. The molecule has 19 heavy (non-hydrogen) atoms. The normalized spacial score (nSPS) is 17.0. The van der Waals surface area contributed by atoms with Crippen LogP contribution in [-0.2, 0) is 37.3 Å². The Bertz CT molecular complexity index is 609. The fraction of sp³-hybridized carbons (Fsp3) is 0.500. The highest BCUT2D eigenvalue weighted by atomic mass is 32.2. The SMILES string of the molecule is CC(C)(C)OC(=O)Cc1ccc2c(c1)CS(=O)(=O)C2. The van der Waals surface area contributed by atoms with E-state index in [1.165, 1.54) is 0 Å². The first-order valence-electron chi connectivity index (χ1n) is 6.18. The quantitative estimate of drug-likeness (QED) is 0.778. The molecule has 5 heteroatoms. The van der Waals surface area contributed by atoms with Crippen LogP contribution >= 0.6 is 0 Å². The molecular weight excluding hydrogens is 264 g/mol. The maximum absolute atomic E-state index is 11.7. The van der Waals surface area contributed by atoms with E-state index in [1.54, 1.807) is 18.2 Å². The molecule has 1 aliphatic heterocycles. The summed E-state index contributed by atoms with van der Waals surface area (Å²) in [6.45, 7) is 5.46. The van der Waals surface area contributed by atoms with Gasteiger partial charge in [-0.05, 0) is 37.5 Å². The van der Waals surface area contributed by atoms with Gasteiger partial charge in [-0.25, -0.2) is 8.42 Å². The molecule has 0 radical (unpaired) electrons. The smallest absolute Gasteiger partial charge is 0.310 e. The molecule has 0 N–H and O–H groups in total. The van der Waals surface area contributed by atoms with Crippen molar-refractivity contribution in [3.05, 3.63) is 34.9 Å². The summed E-state index contributed by atoms with van der Waals surface area (Å²) in [4.78, 5) is 11.7. The van der Waals surface area contributed by atoms with Crippen LogP contribution in [-0.4, -0.2) is 20.0 Å². The molecule has 1 aromatic carbocycles. The number of carbonyl (C=O) groups excluding carboxylic acids is 1. The molecule has 0 bridgehead atoms. The zero-order valence-electron chi connectivity index (χ0n) is 11.4. The van der Waals surface area contributed by atoms with Gasteiger partial charge in [-0.15, -0.1) is 0 Å². The van der Waals surface area contributed by atoms with Crippen molar-refractivity contribution in [2.24, 2.45) is 0 Å². The van der Waals surface area contributed by atoms with Crippen LogP contribution in [0.1, 0.15) is 37.5 Å². The van der Waals surface area contributed by atoms with Gasteiger partial charge in [0.25, 0.3) is 0 Å². The van der Waals surface area contributed by atoms with Crippen LogP contribution in [0.5, 0.6) is 0 Å². The van der Waals surface area contributed by atoms with Crippen molar-refractivity contribution in [2.45, 2.75) is 44.3 Å². The Morgan fingerprint density at radius 2 is 1.84 bits per heavy atom. The summed E-state index contributed by atoms with van der Waals surface area (Å²) >= 11 is 0. The van der Waals surface area contributed by atoms with Crippen molar-refractivity contribution in [2.75, 3.05) is 0 Å². The number of sulfone groups is 1. The Hall–Kier alpha value is -1.36. The van der Waals surface area contributed by atoms with Crippen LogP contribution in [0.2, 0.25) is 0 Å². The number of ether oxygens (including phenoxy) is 1. The largest absolute Gasteiger partial charge is 0.460 e. The Balaban J connectivity index is 2.11. The molecule has 0 saturated carbocycles. The van der Waals surface area contributed by atoms with Gasteiger partial charge in [-0.1, -0.05) is 18.2 Å². The van der Waals surface area contributed by atoms with Gasteiger partial charge in [-0.2, -0.15) is 0 Å². The molecule has 0 saturated heterocycles. The van der Waals surface area contributed by atoms with E-state index in [4.69, 9.17) is 4.74 Å². The van der Waals surface area contributed by atoms with E-state index >= 15 is 0 Å². The zero-order chi connectivity index (χ0) is 14.3. The minimum absolute atomic E-state index is 0.0739. The lowest BCUT2D eigenvalue weighted by atomic mass is 10.0. The highest BCUT2D eigenvalue weighted by Crippen LogP contribution is 2.26. The first kappa shape index (κ1) is 14.1. The summed E-state index contributed by atoms with van der Waals surface area (Å²) in [5, 5.41) is 0. The van der Waals surface area contributed by atoms with Crippen LogP contribution in [0, 0.1) is 0 Å². The Morgan fingerprint density at radius 3 is 2.47 bits per heavy atom. The van der Waals surface area contributed by atoms with E-state index in [1.807, 2.05) is 20.8 Å².